The maximum absolute atomic E-state index is 5.50. The third kappa shape index (κ3) is 2.20. The first kappa shape index (κ1) is 10.0. The number of ether oxygens (including phenoxy) is 1. The van der Waals surface area contributed by atoms with Gasteiger partial charge in [-0.25, -0.2) is 0 Å². The molecule has 0 aromatic carbocycles. The highest BCUT2D eigenvalue weighted by Crippen LogP contribution is 2.35. The molecule has 0 spiro atoms. The van der Waals surface area contributed by atoms with Crippen LogP contribution in [0.5, 0.6) is 0 Å². The van der Waals surface area contributed by atoms with Crippen LogP contribution in [0, 0.1) is 11.8 Å². The van der Waals surface area contributed by atoms with Crippen molar-refractivity contribution in [2.45, 2.75) is 38.8 Å². The van der Waals surface area contributed by atoms with Gasteiger partial charge in [-0.05, 0) is 31.7 Å². The van der Waals surface area contributed by atoms with Gasteiger partial charge in [-0.3, -0.25) is 0 Å². The molecule has 0 bridgehead atoms. The van der Waals surface area contributed by atoms with Crippen molar-refractivity contribution in [2.24, 2.45) is 11.8 Å². The Morgan fingerprint density at radius 3 is 2.17 bits per heavy atom. The molecule has 0 amide bonds. The molecule has 2 unspecified atom stereocenters. The van der Waals surface area contributed by atoms with Gasteiger partial charge in [-0.1, -0.05) is 13.8 Å². The van der Waals surface area contributed by atoms with E-state index >= 15 is 0 Å². The largest absolute Gasteiger partial charge is 0.380 e. The number of hydrogen-bond donors (Lipinski definition) is 1. The van der Waals surface area contributed by atoms with E-state index in [9.17, 15) is 0 Å². The van der Waals surface area contributed by atoms with Gasteiger partial charge >= 0.3 is 0 Å². The minimum Gasteiger partial charge on any atom is -0.380 e. The van der Waals surface area contributed by atoms with E-state index in [1.54, 1.807) is 0 Å². The summed E-state index contributed by atoms with van der Waals surface area (Å²) in [5.41, 5.74) is 0. The van der Waals surface area contributed by atoms with Gasteiger partial charge in [0, 0.05) is 13.2 Å². The number of hydrogen-bond acceptors (Lipinski definition) is 2. The van der Waals surface area contributed by atoms with Crippen molar-refractivity contribution in [2.75, 3.05) is 14.2 Å². The summed E-state index contributed by atoms with van der Waals surface area (Å²) in [6.45, 7) is 4.45. The van der Waals surface area contributed by atoms with E-state index < -0.39 is 0 Å². The second-order valence-corrected chi connectivity index (χ2v) is 4.10. The smallest absolute Gasteiger partial charge is 0.0749 e. The molecule has 2 atom stereocenters. The monoisotopic (exact) mass is 171 g/mol. The van der Waals surface area contributed by atoms with Crippen LogP contribution in [-0.2, 0) is 4.74 Å². The summed E-state index contributed by atoms with van der Waals surface area (Å²) in [4.78, 5) is 0. The molecule has 1 fully saturated rings. The van der Waals surface area contributed by atoms with Crippen LogP contribution in [0.3, 0.4) is 0 Å². The fraction of sp³-hybridized carbons (Fsp3) is 1.00. The lowest BCUT2D eigenvalue weighted by molar-refractivity contribution is 0.0290. The van der Waals surface area contributed by atoms with E-state index in [2.05, 4.69) is 19.2 Å². The first-order valence-electron chi connectivity index (χ1n) is 4.90. The Labute approximate surface area is 75.7 Å². The van der Waals surface area contributed by atoms with Gasteiger partial charge in [0.15, 0.2) is 0 Å². The van der Waals surface area contributed by atoms with Crippen molar-refractivity contribution in [3.05, 3.63) is 0 Å². The molecule has 1 saturated carbocycles. The molecular formula is C10H21NO. The highest BCUT2D eigenvalue weighted by atomic mass is 16.5. The SMILES string of the molecule is CNC(C1CC1)C(OC)C(C)C. The van der Waals surface area contributed by atoms with E-state index in [0.29, 0.717) is 18.1 Å². The minimum atomic E-state index is 0.377. The molecule has 1 aliphatic carbocycles. The van der Waals surface area contributed by atoms with Gasteiger partial charge < -0.3 is 10.1 Å². The highest BCUT2D eigenvalue weighted by molar-refractivity contribution is 4.91. The van der Waals surface area contributed by atoms with Crippen LogP contribution in [-0.4, -0.2) is 26.3 Å². The van der Waals surface area contributed by atoms with E-state index in [1.807, 2.05) is 14.2 Å². The summed E-state index contributed by atoms with van der Waals surface area (Å²) in [6.07, 6.45) is 3.12. The summed E-state index contributed by atoms with van der Waals surface area (Å²) < 4.78 is 5.50. The molecule has 0 aromatic rings. The predicted octanol–water partition coefficient (Wildman–Crippen LogP) is 1.66. The number of methoxy groups -OCH3 is 1. The van der Waals surface area contributed by atoms with E-state index in [4.69, 9.17) is 4.74 Å². The fourth-order valence-electron chi connectivity index (χ4n) is 1.96. The average molecular weight is 171 g/mol. The second kappa shape index (κ2) is 4.24. The first-order chi connectivity index (χ1) is 5.70. The highest BCUT2D eigenvalue weighted by Gasteiger charge is 2.36. The Hall–Kier alpha value is -0.0800. The zero-order valence-electron chi connectivity index (χ0n) is 8.63. The molecule has 1 rings (SSSR count). The molecule has 0 heterocycles. The van der Waals surface area contributed by atoms with E-state index in [-0.39, 0.29) is 0 Å². The molecular weight excluding hydrogens is 150 g/mol. The van der Waals surface area contributed by atoms with E-state index in [0.717, 1.165) is 5.92 Å². The number of likely N-dealkylation sites (N-methyl/N-ethyl adjacent to an activating group) is 1. The standard InChI is InChI=1S/C10H21NO/c1-7(2)10(12-4)9(11-3)8-5-6-8/h7-11H,5-6H2,1-4H3. The fourth-order valence-corrected chi connectivity index (χ4v) is 1.96. The molecule has 1 aliphatic rings. The lowest BCUT2D eigenvalue weighted by atomic mass is 9.96. The van der Waals surface area contributed by atoms with Crippen LogP contribution in [0.4, 0.5) is 0 Å². The third-order valence-electron chi connectivity index (χ3n) is 2.75. The molecule has 72 valence electrons. The summed E-state index contributed by atoms with van der Waals surface area (Å²) >= 11 is 0. The van der Waals surface area contributed by atoms with Crippen LogP contribution < -0.4 is 5.32 Å². The maximum atomic E-state index is 5.50. The second-order valence-electron chi connectivity index (χ2n) is 4.10. The molecule has 0 aromatic heterocycles. The molecule has 0 saturated heterocycles. The molecule has 2 nitrogen and oxygen atoms in total. The zero-order chi connectivity index (χ0) is 9.14. The molecule has 0 aliphatic heterocycles. The van der Waals surface area contributed by atoms with Crippen LogP contribution >= 0.6 is 0 Å². The molecule has 12 heavy (non-hydrogen) atoms. The van der Waals surface area contributed by atoms with Crippen LogP contribution in [0.2, 0.25) is 0 Å². The first-order valence-corrected chi connectivity index (χ1v) is 4.90. The Morgan fingerprint density at radius 1 is 1.33 bits per heavy atom. The molecule has 2 heteroatoms. The average Bonchev–Trinajstić information content (AvgIpc) is 2.81. The number of nitrogens with one attached hydrogen (secondary N) is 1. The summed E-state index contributed by atoms with van der Waals surface area (Å²) in [7, 11) is 3.86. The van der Waals surface area contributed by atoms with Gasteiger partial charge in [0.1, 0.15) is 0 Å². The summed E-state index contributed by atoms with van der Waals surface area (Å²) in [5, 5.41) is 3.37. The summed E-state index contributed by atoms with van der Waals surface area (Å²) in [6, 6.07) is 0.565. The van der Waals surface area contributed by atoms with Crippen LogP contribution in [0.1, 0.15) is 26.7 Å². The van der Waals surface area contributed by atoms with Crippen molar-refractivity contribution in [3.63, 3.8) is 0 Å². The van der Waals surface area contributed by atoms with Crippen LogP contribution in [0.25, 0.3) is 0 Å². The molecule has 0 radical (unpaired) electrons. The van der Waals surface area contributed by atoms with Crippen molar-refractivity contribution >= 4 is 0 Å². The van der Waals surface area contributed by atoms with Crippen molar-refractivity contribution in [3.8, 4) is 0 Å². The Balaban J connectivity index is 2.47. The lowest BCUT2D eigenvalue weighted by Crippen LogP contribution is -2.43. The Bertz CT molecular complexity index is 124. The van der Waals surface area contributed by atoms with Crippen molar-refractivity contribution in [1.29, 1.82) is 0 Å². The predicted molar refractivity (Wildman–Crippen MR) is 51.2 cm³/mol. The molecule has 1 N–H and O–H groups in total. The van der Waals surface area contributed by atoms with Crippen LogP contribution in [0.15, 0.2) is 0 Å². The van der Waals surface area contributed by atoms with Gasteiger partial charge in [0.2, 0.25) is 0 Å². The third-order valence-corrected chi connectivity index (χ3v) is 2.75. The van der Waals surface area contributed by atoms with E-state index in [1.165, 1.54) is 12.8 Å². The van der Waals surface area contributed by atoms with Gasteiger partial charge in [0.25, 0.3) is 0 Å². The van der Waals surface area contributed by atoms with Gasteiger partial charge in [0.05, 0.1) is 6.10 Å². The Kier molecular flexibility index (Phi) is 3.53. The van der Waals surface area contributed by atoms with Crippen molar-refractivity contribution in [1.82, 2.24) is 5.32 Å². The maximum Gasteiger partial charge on any atom is 0.0749 e. The summed E-state index contributed by atoms with van der Waals surface area (Å²) in [5.74, 6) is 1.47. The van der Waals surface area contributed by atoms with Gasteiger partial charge in [-0.15, -0.1) is 0 Å². The zero-order valence-corrected chi connectivity index (χ0v) is 8.63. The Morgan fingerprint density at radius 2 is 1.92 bits per heavy atom. The quantitative estimate of drug-likeness (QED) is 0.679. The topological polar surface area (TPSA) is 21.3 Å². The lowest BCUT2D eigenvalue weighted by Gasteiger charge is -2.28. The van der Waals surface area contributed by atoms with Gasteiger partial charge in [-0.2, -0.15) is 0 Å². The normalized spacial score (nSPS) is 22.8. The van der Waals surface area contributed by atoms with Crippen molar-refractivity contribution < 1.29 is 4.74 Å². The number of rotatable bonds is 5. The minimum absolute atomic E-state index is 0.377.